The number of nitrogens with zero attached hydrogens (tertiary/aromatic N) is 5. The predicted octanol–water partition coefficient (Wildman–Crippen LogP) is 4.32. The molecule has 162 valence electrons. The Morgan fingerprint density at radius 3 is 2.62 bits per heavy atom. The fraction of sp³-hybridized carbons (Fsp3) is 0.217. The number of anilines is 2. The van der Waals surface area contributed by atoms with Crippen molar-refractivity contribution in [3.63, 3.8) is 0 Å². The number of aryl methyl sites for hydroxylation is 1. The smallest absolute Gasteiger partial charge is 0.184 e. The lowest BCUT2D eigenvalue weighted by molar-refractivity contribution is 0.588. The summed E-state index contributed by atoms with van der Waals surface area (Å²) in [5, 5.41) is 8.17. The highest BCUT2D eigenvalue weighted by molar-refractivity contribution is 5.90. The van der Waals surface area contributed by atoms with Crippen LogP contribution in [0.15, 0.2) is 42.6 Å². The van der Waals surface area contributed by atoms with Gasteiger partial charge in [0.2, 0.25) is 0 Å². The van der Waals surface area contributed by atoms with E-state index in [0.717, 1.165) is 11.3 Å². The summed E-state index contributed by atoms with van der Waals surface area (Å²) in [5.41, 5.74) is 8.73. The lowest BCUT2D eigenvalue weighted by Crippen LogP contribution is -2.18. The van der Waals surface area contributed by atoms with Crippen molar-refractivity contribution in [3.8, 4) is 11.5 Å². The van der Waals surface area contributed by atoms with Crippen molar-refractivity contribution in [1.29, 1.82) is 0 Å². The average molecular weight is 433 g/mol. The van der Waals surface area contributed by atoms with Crippen molar-refractivity contribution >= 4 is 22.7 Å². The molecule has 0 spiro atoms. The van der Waals surface area contributed by atoms with E-state index in [1.54, 1.807) is 25.1 Å². The number of nitrogens with one attached hydrogen (secondary N) is 1. The van der Waals surface area contributed by atoms with Gasteiger partial charge >= 0.3 is 0 Å². The number of aromatic nitrogens is 5. The largest absolute Gasteiger partial charge is 0.383 e. The van der Waals surface area contributed by atoms with E-state index in [4.69, 9.17) is 5.73 Å². The maximum Gasteiger partial charge on any atom is 0.184 e. The van der Waals surface area contributed by atoms with Gasteiger partial charge in [0.15, 0.2) is 11.5 Å². The number of hydrogen-bond donors (Lipinski definition) is 2. The molecule has 0 atom stereocenters. The number of halogens is 2. The number of rotatable bonds is 3. The summed E-state index contributed by atoms with van der Waals surface area (Å²) >= 11 is 0. The topological polar surface area (TPSA) is 94.5 Å². The average Bonchev–Trinajstić information content (AvgIpc) is 3.18. The van der Waals surface area contributed by atoms with Crippen molar-refractivity contribution < 1.29 is 8.78 Å². The molecular formula is C23H21F2N7. The number of fused-ring (bicyclic) bond motifs is 2. The molecule has 0 radical (unpaired) electrons. The molecule has 3 N–H and O–H groups in total. The van der Waals surface area contributed by atoms with Gasteiger partial charge in [-0.25, -0.2) is 28.4 Å². The van der Waals surface area contributed by atoms with E-state index >= 15 is 0 Å². The highest BCUT2D eigenvalue weighted by atomic mass is 19.1. The van der Waals surface area contributed by atoms with Crippen LogP contribution < -0.4 is 11.1 Å². The maximum atomic E-state index is 14.4. The van der Waals surface area contributed by atoms with Gasteiger partial charge in [-0.3, -0.25) is 0 Å². The monoisotopic (exact) mass is 433 g/mol. The molecule has 0 bridgehead atoms. The van der Waals surface area contributed by atoms with Gasteiger partial charge in [0.05, 0.1) is 17.6 Å². The van der Waals surface area contributed by atoms with E-state index in [2.05, 4.69) is 31.9 Å². The summed E-state index contributed by atoms with van der Waals surface area (Å²) in [5.74, 6) is 0.213. The minimum absolute atomic E-state index is 0.115. The van der Waals surface area contributed by atoms with Gasteiger partial charge in [-0.05, 0) is 32.9 Å². The van der Waals surface area contributed by atoms with Gasteiger partial charge in [0.25, 0.3) is 0 Å². The fourth-order valence-electron chi connectivity index (χ4n) is 3.97. The Bertz CT molecular complexity index is 1420. The molecule has 7 nitrogen and oxygen atoms in total. The molecule has 32 heavy (non-hydrogen) atoms. The van der Waals surface area contributed by atoms with Crippen LogP contribution in [0.3, 0.4) is 0 Å². The Labute approximate surface area is 183 Å². The van der Waals surface area contributed by atoms with Crippen LogP contribution in [0.5, 0.6) is 0 Å². The molecule has 1 aliphatic heterocycles. The Kier molecular flexibility index (Phi) is 4.27. The Morgan fingerprint density at radius 1 is 1.12 bits per heavy atom. The molecule has 4 heterocycles. The SMILES string of the molecule is C=C1Nc2nc(-c3nn(Cc4ccccc4F)c4nc(C)c(F)cc34)nc(N)c2C1(C)C. The van der Waals surface area contributed by atoms with E-state index in [1.807, 2.05) is 13.8 Å². The zero-order chi connectivity index (χ0) is 22.8. The first-order valence-electron chi connectivity index (χ1n) is 10.1. The van der Waals surface area contributed by atoms with Gasteiger partial charge in [0, 0.05) is 22.2 Å². The second-order valence-corrected chi connectivity index (χ2v) is 8.41. The lowest BCUT2D eigenvalue weighted by atomic mass is 9.85. The van der Waals surface area contributed by atoms with Gasteiger partial charge in [-0.2, -0.15) is 5.10 Å². The summed E-state index contributed by atoms with van der Waals surface area (Å²) in [6.07, 6.45) is 0. The third-order valence-electron chi connectivity index (χ3n) is 5.93. The minimum Gasteiger partial charge on any atom is -0.383 e. The summed E-state index contributed by atoms with van der Waals surface area (Å²) < 4.78 is 30.3. The molecule has 1 aliphatic rings. The number of nitrogen functional groups attached to an aromatic ring is 1. The van der Waals surface area contributed by atoms with Crippen molar-refractivity contribution in [1.82, 2.24) is 24.7 Å². The molecule has 0 aliphatic carbocycles. The second kappa shape index (κ2) is 6.81. The maximum absolute atomic E-state index is 14.4. The first-order valence-corrected chi connectivity index (χ1v) is 10.1. The Hall–Kier alpha value is -3.88. The summed E-state index contributed by atoms with van der Waals surface area (Å²) in [6, 6.07) is 7.76. The molecule has 0 saturated carbocycles. The van der Waals surface area contributed by atoms with Crippen LogP contribution in [0, 0.1) is 18.6 Å². The summed E-state index contributed by atoms with van der Waals surface area (Å²) in [6.45, 7) is 9.69. The van der Waals surface area contributed by atoms with Crippen molar-refractivity contribution in [2.75, 3.05) is 11.1 Å². The van der Waals surface area contributed by atoms with Crippen LogP contribution in [0.2, 0.25) is 0 Å². The van der Waals surface area contributed by atoms with Gasteiger partial charge < -0.3 is 11.1 Å². The normalized spacial score (nSPS) is 14.6. The summed E-state index contributed by atoms with van der Waals surface area (Å²) in [7, 11) is 0. The Morgan fingerprint density at radius 2 is 1.88 bits per heavy atom. The number of allylic oxidation sites excluding steroid dienone is 1. The highest BCUT2D eigenvalue weighted by Gasteiger charge is 2.38. The number of hydrogen-bond acceptors (Lipinski definition) is 6. The van der Waals surface area contributed by atoms with E-state index in [1.165, 1.54) is 16.8 Å². The molecule has 4 aromatic rings. The molecule has 5 rings (SSSR count). The third kappa shape index (κ3) is 2.92. The van der Waals surface area contributed by atoms with E-state index in [9.17, 15) is 8.78 Å². The van der Waals surface area contributed by atoms with Crippen LogP contribution >= 0.6 is 0 Å². The highest BCUT2D eigenvalue weighted by Crippen LogP contribution is 2.44. The molecule has 9 heteroatoms. The lowest BCUT2D eigenvalue weighted by Gasteiger charge is -2.19. The number of nitrogens with two attached hydrogens (primary N) is 1. The van der Waals surface area contributed by atoms with Crippen LogP contribution in [-0.2, 0) is 12.0 Å². The van der Waals surface area contributed by atoms with Crippen molar-refractivity contribution in [3.05, 3.63) is 71.1 Å². The zero-order valence-corrected chi connectivity index (χ0v) is 17.9. The standard InChI is InChI=1S/C23H21F2N7/c1-11-16(25)9-14-18(21-29-19(26)17-20(30-21)28-12(2)23(17,3)4)31-32(22(14)27-11)10-13-7-5-6-8-15(13)24/h5-9H,2,10H2,1,3-4H3,(H3,26,28,29,30). The molecule has 1 aromatic carbocycles. The molecule has 0 unspecified atom stereocenters. The number of benzene rings is 1. The van der Waals surface area contributed by atoms with E-state index < -0.39 is 11.2 Å². The van der Waals surface area contributed by atoms with Crippen LogP contribution in [0.1, 0.15) is 30.7 Å². The second-order valence-electron chi connectivity index (χ2n) is 8.41. The quantitative estimate of drug-likeness (QED) is 0.500. The predicted molar refractivity (Wildman–Crippen MR) is 119 cm³/mol. The van der Waals surface area contributed by atoms with Gasteiger partial charge in [0.1, 0.15) is 29.0 Å². The van der Waals surface area contributed by atoms with E-state index in [0.29, 0.717) is 33.9 Å². The van der Waals surface area contributed by atoms with Gasteiger partial charge in [-0.15, -0.1) is 0 Å². The Balaban J connectivity index is 1.71. The summed E-state index contributed by atoms with van der Waals surface area (Å²) in [4.78, 5) is 13.4. The third-order valence-corrected chi connectivity index (χ3v) is 5.93. The van der Waals surface area contributed by atoms with Crippen LogP contribution in [0.4, 0.5) is 20.4 Å². The fourth-order valence-corrected chi connectivity index (χ4v) is 3.97. The molecule has 3 aromatic heterocycles. The van der Waals surface area contributed by atoms with Gasteiger partial charge in [-0.1, -0.05) is 24.8 Å². The number of pyridine rings is 1. The van der Waals surface area contributed by atoms with Crippen molar-refractivity contribution in [2.45, 2.75) is 32.7 Å². The molecule has 0 fully saturated rings. The zero-order valence-electron chi connectivity index (χ0n) is 17.9. The molecule has 0 amide bonds. The first kappa shape index (κ1) is 20.0. The van der Waals surface area contributed by atoms with E-state index in [-0.39, 0.29) is 23.9 Å². The van der Waals surface area contributed by atoms with Crippen LogP contribution in [-0.4, -0.2) is 24.7 Å². The van der Waals surface area contributed by atoms with Crippen molar-refractivity contribution in [2.24, 2.45) is 0 Å². The van der Waals surface area contributed by atoms with Crippen LogP contribution in [0.25, 0.3) is 22.6 Å². The first-order chi connectivity index (χ1) is 15.2. The minimum atomic E-state index is -0.481. The molecular weight excluding hydrogens is 412 g/mol. The molecule has 0 saturated heterocycles.